The van der Waals surface area contributed by atoms with Crippen molar-refractivity contribution in [1.82, 2.24) is 4.98 Å². The molecular formula is C14H14ClN. The minimum Gasteiger partial charge on any atom is -0.252 e. The topological polar surface area (TPSA) is 12.9 Å². The third-order valence-corrected chi connectivity index (χ3v) is 3.52. The molecular weight excluding hydrogens is 218 g/mol. The van der Waals surface area contributed by atoms with Crippen molar-refractivity contribution in [1.29, 1.82) is 0 Å². The van der Waals surface area contributed by atoms with E-state index in [0.717, 1.165) is 15.9 Å². The first kappa shape index (κ1) is 10.1. The average Bonchev–Trinajstić information content (AvgIpc) is 2.97. The Balaban J connectivity index is 2.32. The quantitative estimate of drug-likeness (QED) is 0.710. The largest absolute Gasteiger partial charge is 0.252 e. The molecule has 1 aliphatic rings. The summed E-state index contributed by atoms with van der Waals surface area (Å²) in [5.41, 5.74) is 4.69. The third kappa shape index (κ3) is 1.60. The molecule has 82 valence electrons. The van der Waals surface area contributed by atoms with Crippen molar-refractivity contribution in [2.24, 2.45) is 0 Å². The molecule has 0 spiro atoms. The maximum absolute atomic E-state index is 6.35. The summed E-state index contributed by atoms with van der Waals surface area (Å²) in [6.07, 6.45) is 2.53. The van der Waals surface area contributed by atoms with Crippen molar-refractivity contribution in [3.8, 4) is 0 Å². The first-order chi connectivity index (χ1) is 7.65. The number of fused-ring (bicyclic) bond motifs is 1. The number of aryl methyl sites for hydroxylation is 2. The van der Waals surface area contributed by atoms with Gasteiger partial charge in [-0.05, 0) is 49.9 Å². The van der Waals surface area contributed by atoms with Crippen LogP contribution >= 0.6 is 11.6 Å². The predicted molar refractivity (Wildman–Crippen MR) is 68.2 cm³/mol. The van der Waals surface area contributed by atoms with E-state index in [0.29, 0.717) is 5.92 Å². The van der Waals surface area contributed by atoms with Gasteiger partial charge in [-0.2, -0.15) is 0 Å². The third-order valence-electron chi connectivity index (χ3n) is 3.22. The molecule has 0 unspecified atom stereocenters. The van der Waals surface area contributed by atoms with Crippen LogP contribution in [0.2, 0.25) is 5.02 Å². The standard InChI is InChI=1S/C14H14ClN/c1-8-5-9(2)14-11(15)7-12(10-3-4-10)16-13(14)6-8/h5-7,10H,3-4H2,1-2H3. The number of pyridine rings is 1. The van der Waals surface area contributed by atoms with E-state index in [-0.39, 0.29) is 0 Å². The molecule has 0 bridgehead atoms. The average molecular weight is 232 g/mol. The monoisotopic (exact) mass is 231 g/mol. The molecule has 16 heavy (non-hydrogen) atoms. The fourth-order valence-electron chi connectivity index (χ4n) is 2.31. The van der Waals surface area contributed by atoms with Crippen LogP contribution in [-0.2, 0) is 0 Å². The Bertz CT molecular complexity index is 570. The van der Waals surface area contributed by atoms with E-state index in [4.69, 9.17) is 16.6 Å². The molecule has 1 aromatic carbocycles. The summed E-state index contributed by atoms with van der Waals surface area (Å²) in [5.74, 6) is 0.655. The van der Waals surface area contributed by atoms with Gasteiger partial charge in [0.15, 0.2) is 0 Å². The lowest BCUT2D eigenvalue weighted by Crippen LogP contribution is -1.91. The molecule has 1 aromatic heterocycles. The second-order valence-corrected chi connectivity index (χ2v) is 5.19. The molecule has 1 fully saturated rings. The number of rotatable bonds is 1. The number of hydrogen-bond acceptors (Lipinski definition) is 1. The van der Waals surface area contributed by atoms with Crippen LogP contribution < -0.4 is 0 Å². The van der Waals surface area contributed by atoms with Gasteiger partial charge in [-0.15, -0.1) is 0 Å². The van der Waals surface area contributed by atoms with Gasteiger partial charge in [0.1, 0.15) is 0 Å². The second-order valence-electron chi connectivity index (χ2n) is 4.78. The van der Waals surface area contributed by atoms with Crippen LogP contribution in [0.1, 0.15) is 35.6 Å². The number of halogens is 1. The van der Waals surface area contributed by atoms with Gasteiger partial charge in [0.2, 0.25) is 0 Å². The lowest BCUT2D eigenvalue weighted by Gasteiger charge is -2.08. The highest BCUT2D eigenvalue weighted by molar-refractivity contribution is 6.35. The van der Waals surface area contributed by atoms with E-state index in [9.17, 15) is 0 Å². The zero-order chi connectivity index (χ0) is 11.3. The molecule has 1 heterocycles. The summed E-state index contributed by atoms with van der Waals surface area (Å²) in [5, 5.41) is 1.96. The van der Waals surface area contributed by atoms with Gasteiger partial charge >= 0.3 is 0 Å². The Morgan fingerprint density at radius 2 is 1.94 bits per heavy atom. The van der Waals surface area contributed by atoms with Crippen molar-refractivity contribution in [3.63, 3.8) is 0 Å². The Hall–Kier alpha value is -1.08. The fraction of sp³-hybridized carbons (Fsp3) is 0.357. The molecule has 1 aliphatic carbocycles. The number of aromatic nitrogens is 1. The van der Waals surface area contributed by atoms with Gasteiger partial charge in [-0.1, -0.05) is 17.7 Å². The Labute approximate surface area is 100 Å². The van der Waals surface area contributed by atoms with E-state index in [1.165, 1.54) is 29.7 Å². The normalized spacial score (nSPS) is 15.7. The molecule has 2 heteroatoms. The highest BCUT2D eigenvalue weighted by Crippen LogP contribution is 2.41. The molecule has 0 atom stereocenters. The van der Waals surface area contributed by atoms with Crippen LogP contribution in [0.3, 0.4) is 0 Å². The van der Waals surface area contributed by atoms with Crippen molar-refractivity contribution in [3.05, 3.63) is 40.0 Å². The van der Waals surface area contributed by atoms with Gasteiger partial charge < -0.3 is 0 Å². The minimum absolute atomic E-state index is 0.655. The predicted octanol–water partition coefficient (Wildman–Crippen LogP) is 4.38. The van der Waals surface area contributed by atoms with Crippen molar-refractivity contribution < 1.29 is 0 Å². The van der Waals surface area contributed by atoms with E-state index in [1.54, 1.807) is 0 Å². The summed E-state index contributed by atoms with van der Waals surface area (Å²) in [7, 11) is 0. The first-order valence-corrected chi connectivity index (χ1v) is 6.10. The second kappa shape index (κ2) is 3.46. The maximum Gasteiger partial charge on any atom is 0.0725 e. The van der Waals surface area contributed by atoms with Gasteiger partial charge in [0, 0.05) is 17.0 Å². The van der Waals surface area contributed by atoms with Gasteiger partial charge in [0.05, 0.1) is 10.5 Å². The summed E-state index contributed by atoms with van der Waals surface area (Å²) < 4.78 is 0. The molecule has 0 saturated heterocycles. The first-order valence-electron chi connectivity index (χ1n) is 5.72. The molecule has 1 nitrogen and oxygen atoms in total. The van der Waals surface area contributed by atoms with Gasteiger partial charge in [-0.3, -0.25) is 4.98 Å². The van der Waals surface area contributed by atoms with E-state index in [1.807, 2.05) is 6.07 Å². The van der Waals surface area contributed by atoms with Crippen molar-refractivity contribution in [2.75, 3.05) is 0 Å². The smallest absolute Gasteiger partial charge is 0.0725 e. The number of benzene rings is 1. The maximum atomic E-state index is 6.35. The van der Waals surface area contributed by atoms with Gasteiger partial charge in [0.25, 0.3) is 0 Å². The van der Waals surface area contributed by atoms with Crippen LogP contribution in [0.25, 0.3) is 10.9 Å². The highest BCUT2D eigenvalue weighted by atomic mass is 35.5. The minimum atomic E-state index is 0.655. The Morgan fingerprint density at radius 1 is 1.19 bits per heavy atom. The molecule has 2 aromatic rings. The van der Waals surface area contributed by atoms with E-state index in [2.05, 4.69) is 26.0 Å². The zero-order valence-corrected chi connectivity index (χ0v) is 10.3. The van der Waals surface area contributed by atoms with Crippen LogP contribution in [0.4, 0.5) is 0 Å². The highest BCUT2D eigenvalue weighted by Gasteiger charge is 2.25. The summed E-state index contributed by atoms with van der Waals surface area (Å²) in [6, 6.07) is 6.33. The summed E-state index contributed by atoms with van der Waals surface area (Å²) in [4.78, 5) is 4.74. The van der Waals surface area contributed by atoms with Crippen LogP contribution in [0.15, 0.2) is 18.2 Å². The molecule has 3 rings (SSSR count). The van der Waals surface area contributed by atoms with Crippen LogP contribution in [0, 0.1) is 13.8 Å². The zero-order valence-electron chi connectivity index (χ0n) is 9.55. The lowest BCUT2D eigenvalue weighted by atomic mass is 10.1. The molecule has 0 amide bonds. The summed E-state index contributed by atoms with van der Waals surface area (Å²) >= 11 is 6.35. The molecule has 0 radical (unpaired) electrons. The molecule has 1 saturated carbocycles. The summed E-state index contributed by atoms with van der Waals surface area (Å²) in [6.45, 7) is 4.20. The number of nitrogens with zero attached hydrogens (tertiary/aromatic N) is 1. The van der Waals surface area contributed by atoms with Gasteiger partial charge in [-0.25, -0.2) is 0 Å². The Morgan fingerprint density at radius 3 is 2.62 bits per heavy atom. The number of hydrogen-bond donors (Lipinski definition) is 0. The SMILES string of the molecule is Cc1cc(C)c2c(Cl)cc(C3CC3)nc2c1. The molecule has 0 N–H and O–H groups in total. The van der Waals surface area contributed by atoms with E-state index < -0.39 is 0 Å². The van der Waals surface area contributed by atoms with Crippen molar-refractivity contribution >= 4 is 22.5 Å². The lowest BCUT2D eigenvalue weighted by molar-refractivity contribution is 1.04. The Kier molecular flexibility index (Phi) is 2.18. The van der Waals surface area contributed by atoms with Crippen LogP contribution in [0.5, 0.6) is 0 Å². The fourth-order valence-corrected chi connectivity index (χ4v) is 2.66. The van der Waals surface area contributed by atoms with Crippen molar-refractivity contribution in [2.45, 2.75) is 32.6 Å². The van der Waals surface area contributed by atoms with E-state index >= 15 is 0 Å². The van der Waals surface area contributed by atoms with Crippen LogP contribution in [-0.4, -0.2) is 4.98 Å². The molecule has 0 aliphatic heterocycles.